The van der Waals surface area contributed by atoms with Gasteiger partial charge in [-0.15, -0.1) is 0 Å². The van der Waals surface area contributed by atoms with Gasteiger partial charge in [0.1, 0.15) is 11.4 Å². The lowest BCUT2D eigenvalue weighted by Gasteiger charge is -2.25. The van der Waals surface area contributed by atoms with Crippen LogP contribution < -0.4 is 16.4 Å². The van der Waals surface area contributed by atoms with Crippen LogP contribution in [0.15, 0.2) is 24.3 Å². The predicted molar refractivity (Wildman–Crippen MR) is 92.5 cm³/mol. The van der Waals surface area contributed by atoms with E-state index in [-0.39, 0.29) is 23.0 Å². The van der Waals surface area contributed by atoms with Gasteiger partial charge in [-0.3, -0.25) is 0 Å². The quantitative estimate of drug-likeness (QED) is 0.718. The van der Waals surface area contributed by atoms with E-state index in [1.807, 2.05) is 6.92 Å². The fourth-order valence-corrected chi connectivity index (χ4v) is 2.21. The third kappa shape index (κ3) is 7.78. The molecule has 0 saturated carbocycles. The standard InChI is InChI=1S/C16H24FN3O2S/c1-10(19-15(21)22-16(2,3)4)9-13(20-14(18)23)11-5-7-12(17)8-6-11/h5-8,10,13H,9H2,1-4H3,(H,19,21)(H3,18,20,23). The molecule has 2 atom stereocenters. The van der Waals surface area contributed by atoms with Crippen LogP contribution >= 0.6 is 12.2 Å². The summed E-state index contributed by atoms with van der Waals surface area (Å²) in [5.41, 5.74) is 5.83. The van der Waals surface area contributed by atoms with E-state index in [0.29, 0.717) is 6.42 Å². The number of rotatable bonds is 5. The van der Waals surface area contributed by atoms with Gasteiger partial charge in [-0.25, -0.2) is 9.18 Å². The summed E-state index contributed by atoms with van der Waals surface area (Å²) in [6.07, 6.45) is 0.0283. The zero-order chi connectivity index (χ0) is 17.6. The minimum Gasteiger partial charge on any atom is -0.444 e. The van der Waals surface area contributed by atoms with Gasteiger partial charge in [0.25, 0.3) is 0 Å². The van der Waals surface area contributed by atoms with Crippen molar-refractivity contribution in [3.05, 3.63) is 35.6 Å². The SMILES string of the molecule is CC(CC(NC(N)=S)c1ccc(F)cc1)NC(=O)OC(C)(C)C. The van der Waals surface area contributed by atoms with E-state index in [1.54, 1.807) is 32.9 Å². The van der Waals surface area contributed by atoms with Gasteiger partial charge in [-0.05, 0) is 64.0 Å². The second-order valence-electron chi connectivity index (χ2n) is 6.40. The first-order chi connectivity index (χ1) is 10.6. The van der Waals surface area contributed by atoms with Gasteiger partial charge in [0, 0.05) is 6.04 Å². The number of halogens is 1. The van der Waals surface area contributed by atoms with Crippen molar-refractivity contribution >= 4 is 23.4 Å². The molecular weight excluding hydrogens is 317 g/mol. The van der Waals surface area contributed by atoms with Gasteiger partial charge < -0.3 is 21.1 Å². The molecule has 4 N–H and O–H groups in total. The largest absolute Gasteiger partial charge is 0.444 e. The molecule has 5 nitrogen and oxygen atoms in total. The van der Waals surface area contributed by atoms with Crippen LogP contribution in [-0.2, 0) is 4.74 Å². The number of hydrogen-bond acceptors (Lipinski definition) is 3. The molecule has 0 aromatic heterocycles. The van der Waals surface area contributed by atoms with E-state index in [0.717, 1.165) is 5.56 Å². The maximum atomic E-state index is 13.1. The normalized spacial score (nSPS) is 13.8. The molecule has 7 heteroatoms. The number of hydrogen-bond donors (Lipinski definition) is 3. The van der Waals surface area contributed by atoms with Crippen molar-refractivity contribution in [3.8, 4) is 0 Å². The average molecular weight is 341 g/mol. The average Bonchev–Trinajstić information content (AvgIpc) is 2.35. The Morgan fingerprint density at radius 3 is 2.35 bits per heavy atom. The molecule has 0 radical (unpaired) electrons. The van der Waals surface area contributed by atoms with E-state index >= 15 is 0 Å². The van der Waals surface area contributed by atoms with Crippen molar-refractivity contribution < 1.29 is 13.9 Å². The Morgan fingerprint density at radius 1 is 1.30 bits per heavy atom. The van der Waals surface area contributed by atoms with Crippen LogP contribution in [0.3, 0.4) is 0 Å². The topological polar surface area (TPSA) is 76.4 Å². The zero-order valence-electron chi connectivity index (χ0n) is 13.9. The first-order valence-electron chi connectivity index (χ1n) is 7.38. The molecule has 0 aliphatic rings. The number of alkyl carbamates (subject to hydrolysis) is 1. The maximum Gasteiger partial charge on any atom is 0.407 e. The number of amides is 1. The predicted octanol–water partition coefficient (Wildman–Crippen LogP) is 3.00. The number of nitrogens with two attached hydrogens (primary N) is 1. The third-order valence-electron chi connectivity index (χ3n) is 2.94. The monoisotopic (exact) mass is 341 g/mol. The lowest BCUT2D eigenvalue weighted by atomic mass is 10.00. The highest BCUT2D eigenvalue weighted by atomic mass is 32.1. The van der Waals surface area contributed by atoms with Crippen molar-refractivity contribution in [1.29, 1.82) is 0 Å². The van der Waals surface area contributed by atoms with Gasteiger partial charge in [0.05, 0.1) is 6.04 Å². The van der Waals surface area contributed by atoms with Crippen LogP contribution in [0.2, 0.25) is 0 Å². The van der Waals surface area contributed by atoms with Crippen LogP contribution in [0.25, 0.3) is 0 Å². The smallest absolute Gasteiger partial charge is 0.407 e. The molecule has 2 unspecified atom stereocenters. The van der Waals surface area contributed by atoms with Crippen molar-refractivity contribution in [2.24, 2.45) is 5.73 Å². The fourth-order valence-electron chi connectivity index (χ4n) is 2.07. The summed E-state index contributed by atoms with van der Waals surface area (Å²) >= 11 is 4.89. The number of thiocarbonyl (C=S) groups is 1. The molecule has 128 valence electrons. The molecule has 1 amide bonds. The molecule has 0 spiro atoms. The van der Waals surface area contributed by atoms with Crippen LogP contribution in [-0.4, -0.2) is 22.8 Å². The number of carbonyl (C=O) groups excluding carboxylic acids is 1. The first kappa shape index (κ1) is 19.2. The lowest BCUT2D eigenvalue weighted by Crippen LogP contribution is -2.41. The zero-order valence-corrected chi connectivity index (χ0v) is 14.7. The Bertz CT molecular complexity index is 543. The molecule has 1 rings (SSSR count). The van der Waals surface area contributed by atoms with Gasteiger partial charge in [0.15, 0.2) is 5.11 Å². The number of ether oxygens (including phenoxy) is 1. The molecular formula is C16H24FN3O2S. The summed E-state index contributed by atoms with van der Waals surface area (Å²) in [5.74, 6) is -0.317. The van der Waals surface area contributed by atoms with Crippen molar-refractivity contribution in [2.45, 2.75) is 51.8 Å². The van der Waals surface area contributed by atoms with E-state index in [9.17, 15) is 9.18 Å². The number of nitrogens with one attached hydrogen (secondary N) is 2. The van der Waals surface area contributed by atoms with Crippen LogP contribution in [0, 0.1) is 5.82 Å². The Balaban J connectivity index is 2.71. The minimum absolute atomic E-state index is 0.142. The molecule has 0 bridgehead atoms. The van der Waals surface area contributed by atoms with E-state index in [1.165, 1.54) is 12.1 Å². The fraction of sp³-hybridized carbons (Fsp3) is 0.500. The molecule has 1 aromatic carbocycles. The second-order valence-corrected chi connectivity index (χ2v) is 6.84. The number of benzene rings is 1. The van der Waals surface area contributed by atoms with Gasteiger partial charge >= 0.3 is 6.09 Å². The summed E-state index contributed by atoms with van der Waals surface area (Å²) in [5, 5.41) is 5.87. The molecule has 23 heavy (non-hydrogen) atoms. The third-order valence-corrected chi connectivity index (χ3v) is 3.06. The Hall–Kier alpha value is -1.89. The Labute approximate surface area is 141 Å². The molecule has 0 saturated heterocycles. The van der Waals surface area contributed by atoms with Gasteiger partial charge in [-0.1, -0.05) is 12.1 Å². The minimum atomic E-state index is -0.558. The molecule has 1 aromatic rings. The second kappa shape index (κ2) is 8.10. The Morgan fingerprint density at radius 2 is 1.87 bits per heavy atom. The highest BCUT2D eigenvalue weighted by Gasteiger charge is 2.20. The summed E-state index contributed by atoms with van der Waals surface area (Å²) in [6, 6.07) is 5.63. The molecule has 0 aliphatic carbocycles. The molecule has 0 aliphatic heterocycles. The summed E-state index contributed by atoms with van der Waals surface area (Å²) in [4.78, 5) is 11.8. The van der Waals surface area contributed by atoms with E-state index < -0.39 is 11.7 Å². The summed E-state index contributed by atoms with van der Waals surface area (Å²) < 4.78 is 18.3. The highest BCUT2D eigenvalue weighted by molar-refractivity contribution is 7.80. The summed E-state index contributed by atoms with van der Waals surface area (Å²) in [6.45, 7) is 7.24. The van der Waals surface area contributed by atoms with E-state index in [4.69, 9.17) is 22.7 Å². The Kier molecular flexibility index (Phi) is 6.75. The van der Waals surface area contributed by atoms with Crippen LogP contribution in [0.1, 0.15) is 45.7 Å². The van der Waals surface area contributed by atoms with Crippen LogP contribution in [0.5, 0.6) is 0 Å². The summed E-state index contributed by atoms with van der Waals surface area (Å²) in [7, 11) is 0. The number of carbonyl (C=O) groups is 1. The molecule has 0 fully saturated rings. The van der Waals surface area contributed by atoms with Crippen molar-refractivity contribution in [1.82, 2.24) is 10.6 Å². The maximum absolute atomic E-state index is 13.1. The van der Waals surface area contributed by atoms with Gasteiger partial charge in [0.2, 0.25) is 0 Å². The van der Waals surface area contributed by atoms with Crippen molar-refractivity contribution in [3.63, 3.8) is 0 Å². The molecule has 0 heterocycles. The van der Waals surface area contributed by atoms with Crippen molar-refractivity contribution in [2.75, 3.05) is 0 Å². The van der Waals surface area contributed by atoms with Gasteiger partial charge in [-0.2, -0.15) is 0 Å². The highest BCUT2D eigenvalue weighted by Crippen LogP contribution is 2.19. The first-order valence-corrected chi connectivity index (χ1v) is 7.78. The van der Waals surface area contributed by atoms with Crippen LogP contribution in [0.4, 0.5) is 9.18 Å². The van der Waals surface area contributed by atoms with E-state index in [2.05, 4.69) is 10.6 Å². The lowest BCUT2D eigenvalue weighted by molar-refractivity contribution is 0.0504.